The third-order valence-corrected chi connectivity index (χ3v) is 11.7. The molecule has 0 radical (unpaired) electrons. The van der Waals surface area contributed by atoms with Crippen LogP contribution in [0.1, 0.15) is 13.8 Å². The molecule has 57 heavy (non-hydrogen) atoms. The minimum Gasteiger partial charge on any atom is -0.310 e. The SMILES string of the molecule is CC1(C)C=c2c(n(-c3ccc(-c4cccc(-c5ccccc5)c4)cc3)c3ccc(-c4ccc5c(c4)c4ccccc4n5-c4cccc(-c5ccccc5)c4)cc23)=C1. The normalized spacial score (nSPS) is 13.2. The second-order valence-corrected chi connectivity index (χ2v) is 16.0. The lowest BCUT2D eigenvalue weighted by atomic mass is 9.95. The Bertz CT molecular complexity index is 3290. The highest BCUT2D eigenvalue weighted by molar-refractivity contribution is 6.10. The van der Waals surface area contributed by atoms with E-state index in [4.69, 9.17) is 0 Å². The second kappa shape index (κ2) is 13.0. The summed E-state index contributed by atoms with van der Waals surface area (Å²) in [4.78, 5) is 0. The molecule has 0 atom stereocenters. The molecule has 11 rings (SSSR count). The zero-order valence-corrected chi connectivity index (χ0v) is 32.0. The van der Waals surface area contributed by atoms with Crippen LogP contribution in [0.5, 0.6) is 0 Å². The quantitative estimate of drug-likeness (QED) is 0.161. The monoisotopic (exact) mass is 728 g/mol. The standard InChI is InChI=1S/C55H40N2/c1-55(2)35-50-49-34-44(26-30-53(49)56(54(50)36-55)45-27-23-39(24-28-45)41-18-11-17-40(31-41)37-13-5-3-6-14-37)43-25-29-52-48(33-43)47-21-9-10-22-51(47)57(52)46-20-12-19-42(32-46)38-15-7-4-8-16-38/h3-36H,1-2H3. The summed E-state index contributed by atoms with van der Waals surface area (Å²) in [5.74, 6) is 0. The Morgan fingerprint density at radius 2 is 0.807 bits per heavy atom. The summed E-state index contributed by atoms with van der Waals surface area (Å²) in [6, 6.07) is 70.8. The van der Waals surface area contributed by atoms with Crippen LogP contribution in [0.15, 0.2) is 194 Å². The van der Waals surface area contributed by atoms with Gasteiger partial charge in [-0.2, -0.15) is 0 Å². The Balaban J connectivity index is 1.00. The Kier molecular flexibility index (Phi) is 7.55. The second-order valence-electron chi connectivity index (χ2n) is 16.0. The lowest BCUT2D eigenvalue weighted by molar-refractivity contribution is 0.722. The highest BCUT2D eigenvalue weighted by Gasteiger charge is 2.22. The average molecular weight is 729 g/mol. The van der Waals surface area contributed by atoms with E-state index in [9.17, 15) is 0 Å². The molecule has 2 heteroatoms. The van der Waals surface area contributed by atoms with Gasteiger partial charge < -0.3 is 9.13 Å². The first-order chi connectivity index (χ1) is 28.0. The highest BCUT2D eigenvalue weighted by atomic mass is 15.0. The number of rotatable bonds is 6. The molecular weight excluding hydrogens is 689 g/mol. The van der Waals surface area contributed by atoms with Crippen molar-refractivity contribution >= 4 is 44.9 Å². The van der Waals surface area contributed by atoms with Gasteiger partial charge in [-0.3, -0.25) is 0 Å². The van der Waals surface area contributed by atoms with Crippen LogP contribution in [0.3, 0.4) is 0 Å². The van der Waals surface area contributed by atoms with E-state index in [-0.39, 0.29) is 5.41 Å². The van der Waals surface area contributed by atoms with Gasteiger partial charge in [-0.15, -0.1) is 0 Å². The molecule has 0 spiro atoms. The fraction of sp³-hybridized carbons (Fsp3) is 0.0545. The molecule has 2 aromatic heterocycles. The summed E-state index contributed by atoms with van der Waals surface area (Å²) in [6.07, 6.45) is 4.86. The summed E-state index contributed by atoms with van der Waals surface area (Å²) < 4.78 is 4.86. The van der Waals surface area contributed by atoms with E-state index in [1.165, 1.54) is 93.5 Å². The van der Waals surface area contributed by atoms with E-state index in [1.807, 2.05) is 0 Å². The summed E-state index contributed by atoms with van der Waals surface area (Å²) in [6.45, 7) is 4.60. The van der Waals surface area contributed by atoms with Crippen molar-refractivity contribution in [2.75, 3.05) is 0 Å². The molecule has 10 aromatic rings. The first-order valence-electron chi connectivity index (χ1n) is 19.8. The fourth-order valence-corrected chi connectivity index (χ4v) is 9.05. The molecule has 270 valence electrons. The van der Waals surface area contributed by atoms with Crippen molar-refractivity contribution in [2.24, 2.45) is 5.41 Å². The van der Waals surface area contributed by atoms with E-state index >= 15 is 0 Å². The van der Waals surface area contributed by atoms with Crippen molar-refractivity contribution in [1.82, 2.24) is 9.13 Å². The lowest BCUT2D eigenvalue weighted by Gasteiger charge is -2.13. The van der Waals surface area contributed by atoms with E-state index < -0.39 is 0 Å². The molecule has 0 unspecified atom stereocenters. The minimum atomic E-state index is -0.0347. The summed E-state index contributed by atoms with van der Waals surface area (Å²) in [5, 5.41) is 6.37. The van der Waals surface area contributed by atoms with Crippen LogP contribution in [-0.2, 0) is 0 Å². The van der Waals surface area contributed by atoms with Gasteiger partial charge in [0, 0.05) is 38.2 Å². The molecule has 0 amide bonds. The number of fused-ring (bicyclic) bond motifs is 6. The number of para-hydroxylation sites is 1. The Labute approximate surface area is 332 Å². The number of aromatic nitrogens is 2. The molecule has 0 fully saturated rings. The van der Waals surface area contributed by atoms with Crippen molar-refractivity contribution in [3.8, 4) is 55.9 Å². The van der Waals surface area contributed by atoms with Crippen LogP contribution in [0, 0.1) is 5.41 Å². The van der Waals surface area contributed by atoms with Crippen LogP contribution in [0.2, 0.25) is 0 Å². The van der Waals surface area contributed by atoms with Gasteiger partial charge >= 0.3 is 0 Å². The van der Waals surface area contributed by atoms with Crippen LogP contribution >= 0.6 is 0 Å². The maximum atomic E-state index is 2.45. The summed E-state index contributed by atoms with van der Waals surface area (Å²) in [5.41, 5.74) is 15.7. The number of hydrogen-bond acceptors (Lipinski definition) is 0. The first-order valence-corrected chi connectivity index (χ1v) is 19.8. The maximum Gasteiger partial charge on any atom is 0.0541 e. The predicted molar refractivity (Wildman–Crippen MR) is 241 cm³/mol. The van der Waals surface area contributed by atoms with E-state index in [2.05, 4.69) is 229 Å². The van der Waals surface area contributed by atoms with E-state index in [0.29, 0.717) is 0 Å². The molecule has 0 bridgehead atoms. The molecule has 2 nitrogen and oxygen atoms in total. The van der Waals surface area contributed by atoms with Gasteiger partial charge in [0.1, 0.15) is 0 Å². The molecule has 8 aromatic carbocycles. The highest BCUT2D eigenvalue weighted by Crippen LogP contribution is 2.37. The zero-order chi connectivity index (χ0) is 38.1. The molecule has 1 aliphatic carbocycles. The van der Waals surface area contributed by atoms with Crippen LogP contribution in [0.4, 0.5) is 0 Å². The van der Waals surface area contributed by atoms with Gasteiger partial charge in [0.25, 0.3) is 0 Å². The van der Waals surface area contributed by atoms with Gasteiger partial charge in [-0.05, 0) is 105 Å². The van der Waals surface area contributed by atoms with Gasteiger partial charge in [0.05, 0.1) is 21.9 Å². The predicted octanol–water partition coefficient (Wildman–Crippen LogP) is 13.0. The van der Waals surface area contributed by atoms with E-state index in [0.717, 1.165) is 5.69 Å². The van der Waals surface area contributed by atoms with Gasteiger partial charge in [-0.25, -0.2) is 0 Å². The van der Waals surface area contributed by atoms with Crippen molar-refractivity contribution in [3.05, 3.63) is 205 Å². The summed E-state index contributed by atoms with van der Waals surface area (Å²) in [7, 11) is 0. The maximum absolute atomic E-state index is 2.45. The van der Waals surface area contributed by atoms with Crippen molar-refractivity contribution in [3.63, 3.8) is 0 Å². The Morgan fingerprint density at radius 3 is 1.49 bits per heavy atom. The molecule has 0 saturated carbocycles. The molecule has 1 aliphatic rings. The third-order valence-electron chi connectivity index (χ3n) is 11.7. The number of hydrogen-bond donors (Lipinski definition) is 0. The zero-order valence-electron chi connectivity index (χ0n) is 32.0. The molecule has 0 saturated heterocycles. The van der Waals surface area contributed by atoms with Gasteiger partial charge in [0.15, 0.2) is 0 Å². The molecule has 2 heterocycles. The Morgan fingerprint density at radius 1 is 0.316 bits per heavy atom. The number of nitrogens with zero attached hydrogens (tertiary/aromatic N) is 2. The molecular formula is C55H40N2. The van der Waals surface area contributed by atoms with Gasteiger partial charge in [-0.1, -0.05) is 159 Å². The lowest BCUT2D eigenvalue weighted by Crippen LogP contribution is -2.25. The Hall–Kier alpha value is -7.16. The minimum absolute atomic E-state index is 0.0347. The van der Waals surface area contributed by atoms with Crippen molar-refractivity contribution in [2.45, 2.75) is 13.8 Å². The topological polar surface area (TPSA) is 9.86 Å². The summed E-state index contributed by atoms with van der Waals surface area (Å²) >= 11 is 0. The van der Waals surface area contributed by atoms with Gasteiger partial charge in [0.2, 0.25) is 0 Å². The van der Waals surface area contributed by atoms with E-state index in [1.54, 1.807) is 0 Å². The first kappa shape index (κ1) is 33.2. The largest absolute Gasteiger partial charge is 0.310 e. The van der Waals surface area contributed by atoms with Crippen LogP contribution < -0.4 is 10.6 Å². The third kappa shape index (κ3) is 5.64. The smallest absolute Gasteiger partial charge is 0.0541 e. The fourth-order valence-electron chi connectivity index (χ4n) is 9.05. The molecule has 0 aliphatic heterocycles. The van der Waals surface area contributed by atoms with Crippen molar-refractivity contribution < 1.29 is 0 Å². The van der Waals surface area contributed by atoms with Crippen LogP contribution in [-0.4, -0.2) is 9.13 Å². The number of benzene rings is 8. The average Bonchev–Trinajstić information content (AvgIpc) is 3.87. The van der Waals surface area contributed by atoms with Crippen LogP contribution in [0.25, 0.3) is 101 Å². The molecule has 0 N–H and O–H groups in total. The van der Waals surface area contributed by atoms with Crippen molar-refractivity contribution in [1.29, 1.82) is 0 Å².